The number of esters is 3. The lowest BCUT2D eigenvalue weighted by Crippen LogP contribution is -2.41. The summed E-state index contributed by atoms with van der Waals surface area (Å²) >= 11 is 0. The Morgan fingerprint density at radius 2 is 1.72 bits per heavy atom. The third kappa shape index (κ3) is 4.53. The van der Waals surface area contributed by atoms with Crippen molar-refractivity contribution >= 4 is 17.9 Å². The molecular weight excluding hydrogens is 324 g/mol. The average molecular weight is 354 g/mol. The van der Waals surface area contributed by atoms with Gasteiger partial charge < -0.3 is 14.2 Å². The Balaban J connectivity index is 1.73. The summed E-state index contributed by atoms with van der Waals surface area (Å²) in [6.45, 7) is 6.48. The summed E-state index contributed by atoms with van der Waals surface area (Å²) in [6.07, 6.45) is 5.76. The van der Waals surface area contributed by atoms with Crippen LogP contribution < -0.4 is 0 Å². The fourth-order valence-electron chi connectivity index (χ4n) is 3.93. The van der Waals surface area contributed by atoms with E-state index in [-0.39, 0.29) is 5.60 Å². The normalized spacial score (nSPS) is 27.8. The van der Waals surface area contributed by atoms with Crippen molar-refractivity contribution in [3.63, 3.8) is 0 Å². The maximum absolute atomic E-state index is 12.1. The molecule has 0 amide bonds. The maximum atomic E-state index is 12.1. The molecule has 25 heavy (non-hydrogen) atoms. The third-order valence-corrected chi connectivity index (χ3v) is 5.94. The quantitative estimate of drug-likeness (QED) is 0.492. The van der Waals surface area contributed by atoms with Crippen LogP contribution >= 0.6 is 0 Å². The summed E-state index contributed by atoms with van der Waals surface area (Å²) in [6, 6.07) is 0. The molecule has 2 aliphatic carbocycles. The first-order valence-corrected chi connectivity index (χ1v) is 9.27. The van der Waals surface area contributed by atoms with Gasteiger partial charge >= 0.3 is 17.9 Å². The molecule has 3 atom stereocenters. The van der Waals surface area contributed by atoms with E-state index in [1.165, 1.54) is 6.42 Å². The SMILES string of the molecule is CCC(C)(C)C(=O)OCC(=O)OCC(=O)OC1(CC)CC2CCC1C2. The molecule has 2 saturated carbocycles. The molecule has 0 N–H and O–H groups in total. The number of rotatable bonds is 8. The van der Waals surface area contributed by atoms with Crippen LogP contribution in [0.15, 0.2) is 0 Å². The molecule has 6 heteroatoms. The van der Waals surface area contributed by atoms with Gasteiger partial charge in [0.25, 0.3) is 0 Å². The zero-order valence-electron chi connectivity index (χ0n) is 15.8. The van der Waals surface area contributed by atoms with E-state index in [1.54, 1.807) is 13.8 Å². The second-order valence-electron chi connectivity index (χ2n) is 7.95. The molecule has 2 bridgehead atoms. The van der Waals surface area contributed by atoms with Crippen molar-refractivity contribution in [3.8, 4) is 0 Å². The van der Waals surface area contributed by atoms with Crippen molar-refractivity contribution in [2.24, 2.45) is 17.3 Å². The first-order chi connectivity index (χ1) is 11.7. The molecule has 2 aliphatic rings. The number of fused-ring (bicyclic) bond motifs is 2. The van der Waals surface area contributed by atoms with Gasteiger partial charge in [-0.3, -0.25) is 4.79 Å². The Kier molecular flexibility index (Phi) is 6.12. The van der Waals surface area contributed by atoms with Crippen LogP contribution in [0, 0.1) is 17.3 Å². The zero-order chi connectivity index (χ0) is 18.7. The van der Waals surface area contributed by atoms with E-state index in [2.05, 4.69) is 0 Å². The summed E-state index contributed by atoms with van der Waals surface area (Å²) in [5.41, 5.74) is -1.03. The van der Waals surface area contributed by atoms with Gasteiger partial charge in [-0.15, -0.1) is 0 Å². The monoisotopic (exact) mass is 354 g/mol. The summed E-state index contributed by atoms with van der Waals surface area (Å²) in [7, 11) is 0. The van der Waals surface area contributed by atoms with Crippen molar-refractivity contribution in [3.05, 3.63) is 0 Å². The molecular formula is C19H30O6. The fraction of sp³-hybridized carbons (Fsp3) is 0.842. The summed E-state index contributed by atoms with van der Waals surface area (Å²) in [5, 5.41) is 0. The minimum absolute atomic E-state index is 0.385. The van der Waals surface area contributed by atoms with Gasteiger partial charge in [-0.05, 0) is 64.2 Å². The Hall–Kier alpha value is -1.59. The van der Waals surface area contributed by atoms with E-state index in [4.69, 9.17) is 14.2 Å². The molecule has 2 fully saturated rings. The van der Waals surface area contributed by atoms with Crippen LogP contribution in [0.5, 0.6) is 0 Å². The van der Waals surface area contributed by atoms with Crippen LogP contribution in [0.25, 0.3) is 0 Å². The zero-order valence-corrected chi connectivity index (χ0v) is 15.8. The maximum Gasteiger partial charge on any atom is 0.344 e. The van der Waals surface area contributed by atoms with E-state index < -0.39 is 36.5 Å². The minimum Gasteiger partial charge on any atom is -0.456 e. The lowest BCUT2D eigenvalue weighted by molar-refractivity contribution is -0.178. The highest BCUT2D eigenvalue weighted by Gasteiger charge is 2.52. The van der Waals surface area contributed by atoms with Crippen molar-refractivity contribution in [1.29, 1.82) is 0 Å². The van der Waals surface area contributed by atoms with Crippen LogP contribution in [0.4, 0.5) is 0 Å². The Bertz CT molecular complexity index is 526. The van der Waals surface area contributed by atoms with E-state index in [0.29, 0.717) is 18.3 Å². The van der Waals surface area contributed by atoms with Crippen LogP contribution in [-0.4, -0.2) is 36.7 Å². The molecule has 0 aromatic carbocycles. The molecule has 0 heterocycles. The van der Waals surface area contributed by atoms with Gasteiger partial charge in [0.1, 0.15) is 5.60 Å². The smallest absolute Gasteiger partial charge is 0.344 e. The molecule has 3 unspecified atom stereocenters. The second-order valence-corrected chi connectivity index (χ2v) is 7.95. The first kappa shape index (κ1) is 19.7. The Morgan fingerprint density at radius 3 is 2.24 bits per heavy atom. The van der Waals surface area contributed by atoms with Crippen molar-refractivity contribution in [2.45, 2.75) is 71.8 Å². The number of hydrogen-bond acceptors (Lipinski definition) is 6. The number of carbonyl (C=O) groups is 3. The average Bonchev–Trinajstić information content (AvgIpc) is 3.19. The Morgan fingerprint density at radius 1 is 1.04 bits per heavy atom. The van der Waals surface area contributed by atoms with Crippen LogP contribution in [0.1, 0.15) is 66.2 Å². The van der Waals surface area contributed by atoms with Gasteiger partial charge in [-0.2, -0.15) is 0 Å². The molecule has 0 radical (unpaired) electrons. The standard InChI is InChI=1S/C19H30O6/c1-5-18(3,4)17(22)24-11-15(20)23-12-16(21)25-19(6-2)10-13-7-8-14(19)9-13/h13-14H,5-12H2,1-4H3. The topological polar surface area (TPSA) is 78.9 Å². The van der Waals surface area contributed by atoms with Gasteiger partial charge in [0, 0.05) is 0 Å². The van der Waals surface area contributed by atoms with Crippen LogP contribution in [-0.2, 0) is 28.6 Å². The molecule has 142 valence electrons. The molecule has 2 rings (SSSR count). The molecule has 0 saturated heterocycles. The van der Waals surface area contributed by atoms with Gasteiger partial charge in [-0.1, -0.05) is 13.8 Å². The fourth-order valence-corrected chi connectivity index (χ4v) is 3.93. The molecule has 0 spiro atoms. The minimum atomic E-state index is -0.740. The molecule has 0 aromatic rings. The van der Waals surface area contributed by atoms with Gasteiger partial charge in [0.05, 0.1) is 5.41 Å². The van der Waals surface area contributed by atoms with Crippen molar-refractivity contribution in [2.75, 3.05) is 13.2 Å². The lowest BCUT2D eigenvalue weighted by Gasteiger charge is -2.36. The largest absolute Gasteiger partial charge is 0.456 e. The van der Waals surface area contributed by atoms with E-state index in [9.17, 15) is 14.4 Å². The third-order valence-electron chi connectivity index (χ3n) is 5.94. The van der Waals surface area contributed by atoms with Crippen molar-refractivity contribution < 1.29 is 28.6 Å². The summed E-state index contributed by atoms with van der Waals surface area (Å²) < 4.78 is 15.5. The summed E-state index contributed by atoms with van der Waals surface area (Å²) in [5.74, 6) is -0.638. The molecule has 6 nitrogen and oxygen atoms in total. The van der Waals surface area contributed by atoms with Crippen molar-refractivity contribution in [1.82, 2.24) is 0 Å². The second kappa shape index (κ2) is 7.75. The highest BCUT2D eigenvalue weighted by atomic mass is 16.6. The highest BCUT2D eigenvalue weighted by Crippen LogP contribution is 2.54. The van der Waals surface area contributed by atoms with E-state index in [1.807, 2.05) is 13.8 Å². The first-order valence-electron chi connectivity index (χ1n) is 9.27. The predicted molar refractivity (Wildman–Crippen MR) is 90.6 cm³/mol. The van der Waals surface area contributed by atoms with Gasteiger partial charge in [0.2, 0.25) is 0 Å². The number of carbonyl (C=O) groups excluding carboxylic acids is 3. The number of ether oxygens (including phenoxy) is 3. The molecule has 0 aliphatic heterocycles. The predicted octanol–water partition coefficient (Wildman–Crippen LogP) is 3.02. The Labute approximate surface area is 149 Å². The van der Waals surface area contributed by atoms with E-state index in [0.717, 1.165) is 25.7 Å². The number of hydrogen-bond donors (Lipinski definition) is 0. The van der Waals surface area contributed by atoms with Crippen LogP contribution in [0.2, 0.25) is 0 Å². The highest BCUT2D eigenvalue weighted by molar-refractivity contribution is 5.81. The lowest BCUT2D eigenvalue weighted by atomic mass is 9.82. The summed E-state index contributed by atoms with van der Waals surface area (Å²) in [4.78, 5) is 35.6. The molecule has 0 aromatic heterocycles. The van der Waals surface area contributed by atoms with E-state index >= 15 is 0 Å². The van der Waals surface area contributed by atoms with Crippen LogP contribution in [0.3, 0.4) is 0 Å². The van der Waals surface area contributed by atoms with Gasteiger partial charge in [-0.25, -0.2) is 9.59 Å². The van der Waals surface area contributed by atoms with Gasteiger partial charge in [0.15, 0.2) is 13.2 Å².